The zero-order valence-corrected chi connectivity index (χ0v) is 16.7. The summed E-state index contributed by atoms with van der Waals surface area (Å²) in [5.41, 5.74) is 5.36. The van der Waals surface area contributed by atoms with E-state index in [9.17, 15) is 5.11 Å². The zero-order chi connectivity index (χ0) is 20.1. The van der Waals surface area contributed by atoms with Crippen LogP contribution in [-0.2, 0) is 6.54 Å². The molecule has 1 aliphatic rings. The first-order chi connectivity index (χ1) is 14.2. The van der Waals surface area contributed by atoms with Crippen LogP contribution in [0.15, 0.2) is 78.6 Å². The number of fused-ring (bicyclic) bond motifs is 1. The number of hydrogen-bond acceptors (Lipinski definition) is 4. The lowest BCUT2D eigenvalue weighted by atomic mass is 10.00. The quantitative estimate of drug-likeness (QED) is 0.703. The van der Waals surface area contributed by atoms with Gasteiger partial charge in [0.1, 0.15) is 18.5 Å². The lowest BCUT2D eigenvalue weighted by Crippen LogP contribution is -2.27. The average Bonchev–Trinajstić information content (AvgIpc) is 2.95. The largest absolute Gasteiger partial charge is 0.492 e. The van der Waals surface area contributed by atoms with Crippen molar-refractivity contribution in [3.63, 3.8) is 0 Å². The minimum Gasteiger partial charge on any atom is -0.492 e. The molecule has 3 aromatic rings. The van der Waals surface area contributed by atoms with Crippen molar-refractivity contribution in [2.75, 3.05) is 19.7 Å². The Balaban J connectivity index is 1.51. The molecule has 0 saturated carbocycles. The van der Waals surface area contributed by atoms with Gasteiger partial charge in [-0.05, 0) is 47.9 Å². The highest BCUT2D eigenvalue weighted by Crippen LogP contribution is 2.29. The predicted molar refractivity (Wildman–Crippen MR) is 116 cm³/mol. The predicted octanol–water partition coefficient (Wildman–Crippen LogP) is 4.46. The maximum Gasteiger partial charge on any atom is 0.123 e. The molecule has 1 N–H and O–H groups in total. The van der Waals surface area contributed by atoms with Crippen LogP contribution in [0.2, 0.25) is 0 Å². The van der Waals surface area contributed by atoms with Gasteiger partial charge in [-0.15, -0.1) is 0 Å². The van der Waals surface area contributed by atoms with Crippen molar-refractivity contribution >= 4 is 6.08 Å². The summed E-state index contributed by atoms with van der Waals surface area (Å²) in [4.78, 5) is 6.42. The van der Waals surface area contributed by atoms with Gasteiger partial charge >= 0.3 is 0 Å². The molecule has 2 aromatic carbocycles. The van der Waals surface area contributed by atoms with E-state index in [4.69, 9.17) is 4.74 Å². The Morgan fingerprint density at radius 1 is 1.10 bits per heavy atom. The normalized spacial score (nSPS) is 15.9. The van der Waals surface area contributed by atoms with Gasteiger partial charge in [-0.2, -0.15) is 0 Å². The monoisotopic (exact) mass is 386 g/mol. The first-order valence-electron chi connectivity index (χ1n) is 9.97. The fraction of sp³-hybridized carbons (Fsp3) is 0.240. The fourth-order valence-corrected chi connectivity index (χ4v) is 3.74. The van der Waals surface area contributed by atoms with Gasteiger partial charge in [0.15, 0.2) is 0 Å². The maximum atomic E-state index is 10.7. The molecule has 0 bridgehead atoms. The Hall–Kier alpha value is -2.95. The number of aliphatic hydroxyl groups is 1. The molecule has 0 radical (unpaired) electrons. The third-order valence-corrected chi connectivity index (χ3v) is 5.17. The highest BCUT2D eigenvalue weighted by molar-refractivity contribution is 5.52. The van der Waals surface area contributed by atoms with Gasteiger partial charge in [0.05, 0.1) is 0 Å². The summed E-state index contributed by atoms with van der Waals surface area (Å²) in [6.45, 7) is 5.39. The van der Waals surface area contributed by atoms with Gasteiger partial charge in [0.2, 0.25) is 0 Å². The second kappa shape index (κ2) is 9.03. The van der Waals surface area contributed by atoms with Crippen molar-refractivity contribution in [3.05, 3.63) is 101 Å². The van der Waals surface area contributed by atoms with E-state index in [1.54, 1.807) is 12.4 Å². The Kier molecular flexibility index (Phi) is 6.03. The first kappa shape index (κ1) is 19.4. The maximum absolute atomic E-state index is 10.7. The molecule has 4 rings (SSSR count). The van der Waals surface area contributed by atoms with Crippen molar-refractivity contribution in [1.29, 1.82) is 0 Å². The first-order valence-corrected chi connectivity index (χ1v) is 9.97. The van der Waals surface area contributed by atoms with Crippen molar-refractivity contribution in [2.24, 2.45) is 0 Å². The van der Waals surface area contributed by atoms with Crippen molar-refractivity contribution in [1.82, 2.24) is 9.88 Å². The van der Waals surface area contributed by atoms with Crippen LogP contribution in [0.1, 0.15) is 35.3 Å². The summed E-state index contributed by atoms with van der Waals surface area (Å²) in [5.74, 6) is 0.905. The van der Waals surface area contributed by atoms with E-state index in [-0.39, 0.29) is 0 Å². The number of aromatic nitrogens is 1. The van der Waals surface area contributed by atoms with Gasteiger partial charge in [0.25, 0.3) is 0 Å². The highest BCUT2D eigenvalue weighted by Gasteiger charge is 2.18. The molecule has 29 heavy (non-hydrogen) atoms. The fourth-order valence-electron chi connectivity index (χ4n) is 3.74. The Labute approximate surface area is 172 Å². The lowest BCUT2D eigenvalue weighted by molar-refractivity contribution is 0.220. The van der Waals surface area contributed by atoms with Gasteiger partial charge in [0, 0.05) is 37.6 Å². The zero-order valence-electron chi connectivity index (χ0n) is 16.7. The molecule has 0 spiro atoms. The minimum absolute atomic E-state index is 0.665. The molecule has 4 heteroatoms. The lowest BCUT2D eigenvalue weighted by Gasteiger charge is -2.20. The number of ether oxygens (including phenoxy) is 1. The van der Waals surface area contributed by atoms with Gasteiger partial charge < -0.3 is 9.84 Å². The topological polar surface area (TPSA) is 45.6 Å². The highest BCUT2D eigenvalue weighted by atomic mass is 16.5. The average molecular weight is 386 g/mol. The summed E-state index contributed by atoms with van der Waals surface area (Å²) >= 11 is 0. The van der Waals surface area contributed by atoms with Crippen LogP contribution >= 0.6 is 0 Å². The minimum atomic E-state index is -0.667. The summed E-state index contributed by atoms with van der Waals surface area (Å²) in [6.07, 6.45) is 4.97. The molecule has 0 amide bonds. The molecular formula is C25H26N2O2. The van der Waals surface area contributed by atoms with Gasteiger partial charge in [-0.1, -0.05) is 48.0 Å². The van der Waals surface area contributed by atoms with Crippen LogP contribution in [0.5, 0.6) is 5.75 Å². The second-order valence-electron chi connectivity index (χ2n) is 7.51. The number of aliphatic hydroxyl groups excluding tert-OH is 1. The van der Waals surface area contributed by atoms with Crippen molar-refractivity contribution in [3.8, 4) is 5.75 Å². The summed E-state index contributed by atoms with van der Waals surface area (Å²) < 4.78 is 5.97. The summed E-state index contributed by atoms with van der Waals surface area (Å²) in [5, 5.41) is 10.7. The Morgan fingerprint density at radius 2 is 1.90 bits per heavy atom. The van der Waals surface area contributed by atoms with Crippen LogP contribution in [0.25, 0.3) is 6.08 Å². The SMILES string of the molecule is C/C(=C\c1ccccc1)CN1CCOc2ccc(C(O)c3ccncc3)cc2C1. The molecule has 4 nitrogen and oxygen atoms in total. The van der Waals surface area contributed by atoms with Crippen molar-refractivity contribution < 1.29 is 9.84 Å². The van der Waals surface area contributed by atoms with Crippen molar-refractivity contribution in [2.45, 2.75) is 19.6 Å². The number of pyridine rings is 1. The van der Waals surface area contributed by atoms with E-state index in [2.05, 4.69) is 53.2 Å². The van der Waals surface area contributed by atoms with E-state index < -0.39 is 6.10 Å². The number of nitrogens with zero attached hydrogens (tertiary/aromatic N) is 2. The molecule has 0 aliphatic carbocycles. The van der Waals surface area contributed by atoms with E-state index in [0.717, 1.165) is 42.1 Å². The third kappa shape index (κ3) is 4.91. The Bertz CT molecular complexity index is 971. The van der Waals surface area contributed by atoms with E-state index >= 15 is 0 Å². The standard InChI is InChI=1S/C25H26N2O2/c1-19(15-20-5-3-2-4-6-20)17-27-13-14-29-24-8-7-22(16-23(24)18-27)25(28)21-9-11-26-12-10-21/h2-12,15-16,25,28H,13-14,17-18H2,1H3/b19-15+. The van der Waals surface area contributed by atoms with Crippen LogP contribution in [-0.4, -0.2) is 34.7 Å². The number of hydrogen-bond donors (Lipinski definition) is 1. The molecule has 1 unspecified atom stereocenters. The van der Waals surface area contributed by atoms with E-state index in [1.165, 1.54) is 11.1 Å². The molecule has 2 heterocycles. The van der Waals surface area contributed by atoms with Crippen LogP contribution in [0, 0.1) is 0 Å². The summed E-state index contributed by atoms with van der Waals surface area (Å²) in [6, 6.07) is 20.1. The van der Waals surface area contributed by atoms with Gasteiger partial charge in [-0.3, -0.25) is 9.88 Å². The van der Waals surface area contributed by atoms with Crippen LogP contribution < -0.4 is 4.74 Å². The smallest absolute Gasteiger partial charge is 0.123 e. The second-order valence-corrected chi connectivity index (χ2v) is 7.51. The number of rotatable bonds is 5. The van der Waals surface area contributed by atoms with Gasteiger partial charge in [-0.25, -0.2) is 0 Å². The molecule has 0 saturated heterocycles. The van der Waals surface area contributed by atoms with E-state index in [1.807, 2.05) is 30.3 Å². The van der Waals surface area contributed by atoms with Crippen LogP contribution in [0.3, 0.4) is 0 Å². The molecule has 1 aliphatic heterocycles. The summed E-state index contributed by atoms with van der Waals surface area (Å²) in [7, 11) is 0. The molecule has 1 aromatic heterocycles. The third-order valence-electron chi connectivity index (χ3n) is 5.17. The Morgan fingerprint density at radius 3 is 2.69 bits per heavy atom. The molecule has 1 atom stereocenters. The molecule has 0 fully saturated rings. The number of benzene rings is 2. The molecule has 148 valence electrons. The molecular weight excluding hydrogens is 360 g/mol. The van der Waals surface area contributed by atoms with Crippen LogP contribution in [0.4, 0.5) is 0 Å². The van der Waals surface area contributed by atoms with E-state index in [0.29, 0.717) is 6.61 Å².